The quantitative estimate of drug-likeness (QED) is 0.125. The van der Waals surface area contributed by atoms with E-state index in [1.165, 1.54) is 68.2 Å². The number of carbonyl (C=O) groups excluding carboxylic acids is 3. The van der Waals surface area contributed by atoms with E-state index in [0.29, 0.717) is 24.1 Å². The van der Waals surface area contributed by atoms with Crippen molar-refractivity contribution in [3.63, 3.8) is 0 Å². The minimum absolute atomic E-state index is 0.00542. The molecule has 1 atom stereocenters. The summed E-state index contributed by atoms with van der Waals surface area (Å²) < 4.78 is 0. The Morgan fingerprint density at radius 1 is 0.833 bits per heavy atom. The molecule has 48 heavy (non-hydrogen) atoms. The van der Waals surface area contributed by atoms with Crippen LogP contribution in [0.15, 0.2) is 40.6 Å². The van der Waals surface area contributed by atoms with Crippen molar-refractivity contribution in [3.05, 3.63) is 51.7 Å². The third-order valence-electron chi connectivity index (χ3n) is 8.98. The predicted octanol–water partition coefficient (Wildman–Crippen LogP) is 11.8. The molecule has 1 unspecified atom stereocenters. The fourth-order valence-corrected chi connectivity index (χ4v) is 5.65. The molecule has 5 nitrogen and oxygen atoms in total. The Kier molecular flexibility index (Phi) is 28.9. The second-order valence-electron chi connectivity index (χ2n) is 12.9. The fraction of sp³-hybridized carbons (Fsp3) is 0.698. The number of Topliss-reactive ketones (excluding diaryl/α,β-unsaturated/α-hetero) is 3. The monoisotopic (exact) mass is 669 g/mol. The molecule has 0 saturated carbocycles. The topological polar surface area (TPSA) is 66.5 Å². The van der Waals surface area contributed by atoms with Crippen LogP contribution in [0.5, 0.6) is 0 Å². The maximum atomic E-state index is 12.3. The van der Waals surface area contributed by atoms with Crippen LogP contribution in [0.2, 0.25) is 0 Å². The average molecular weight is 669 g/mol. The van der Waals surface area contributed by atoms with E-state index in [1.807, 2.05) is 41.5 Å². The largest absolute Gasteiger partial charge is 0.375 e. The number of nitrogens with one attached hydrogen (secondary N) is 1. The molecule has 0 aromatic heterocycles. The molecule has 5 heteroatoms. The van der Waals surface area contributed by atoms with E-state index in [2.05, 4.69) is 70.0 Å². The highest BCUT2D eigenvalue weighted by molar-refractivity contribution is 6.04. The lowest BCUT2D eigenvalue weighted by atomic mass is 9.85. The molecular formula is C43H76N2O3. The molecule has 276 valence electrons. The van der Waals surface area contributed by atoms with E-state index in [9.17, 15) is 14.4 Å². The Labute approximate surface area is 297 Å². The van der Waals surface area contributed by atoms with Gasteiger partial charge in [-0.15, -0.1) is 0 Å². The van der Waals surface area contributed by atoms with Gasteiger partial charge in [0.15, 0.2) is 17.3 Å². The number of hydrogen-bond acceptors (Lipinski definition) is 5. The van der Waals surface area contributed by atoms with E-state index < -0.39 is 0 Å². The molecule has 1 N–H and O–H groups in total. The van der Waals surface area contributed by atoms with Crippen molar-refractivity contribution in [2.24, 2.45) is 5.92 Å². The van der Waals surface area contributed by atoms with Crippen molar-refractivity contribution >= 4 is 23.0 Å². The average Bonchev–Trinajstić information content (AvgIpc) is 3.08. The van der Waals surface area contributed by atoms with Crippen molar-refractivity contribution in [1.29, 1.82) is 0 Å². The molecule has 1 aliphatic rings. The van der Waals surface area contributed by atoms with E-state index in [0.717, 1.165) is 43.5 Å². The predicted molar refractivity (Wildman–Crippen MR) is 211 cm³/mol. The molecule has 2 rings (SSSR count). The first kappa shape index (κ1) is 47.4. The molecule has 0 bridgehead atoms. The van der Waals surface area contributed by atoms with Gasteiger partial charge in [0.2, 0.25) is 0 Å². The van der Waals surface area contributed by atoms with Crippen LogP contribution in [0, 0.1) is 19.8 Å². The number of rotatable bonds is 18. The van der Waals surface area contributed by atoms with Crippen LogP contribution in [-0.4, -0.2) is 37.0 Å². The highest BCUT2D eigenvalue weighted by atomic mass is 16.1. The first-order valence-corrected chi connectivity index (χ1v) is 19.5. The molecule has 1 aromatic rings. The molecule has 0 saturated heterocycles. The van der Waals surface area contributed by atoms with E-state index >= 15 is 0 Å². The lowest BCUT2D eigenvalue weighted by Crippen LogP contribution is -2.32. The molecule has 0 radical (unpaired) electrons. The number of allylic oxidation sites excluding steroid dienone is 4. The van der Waals surface area contributed by atoms with Gasteiger partial charge in [-0.1, -0.05) is 119 Å². The number of carbonyl (C=O) groups is 3. The van der Waals surface area contributed by atoms with Gasteiger partial charge in [0, 0.05) is 36.7 Å². The summed E-state index contributed by atoms with van der Waals surface area (Å²) in [6, 6.07) is 6.60. The Hall–Kier alpha value is -2.69. The molecule has 1 aromatic carbocycles. The Morgan fingerprint density at radius 2 is 1.40 bits per heavy atom. The first-order valence-electron chi connectivity index (χ1n) is 19.5. The van der Waals surface area contributed by atoms with Crippen LogP contribution in [0.1, 0.15) is 171 Å². The van der Waals surface area contributed by atoms with Crippen LogP contribution in [0.3, 0.4) is 0 Å². The Bertz CT molecular complexity index is 1100. The summed E-state index contributed by atoms with van der Waals surface area (Å²) in [4.78, 5) is 39.0. The van der Waals surface area contributed by atoms with E-state index in [4.69, 9.17) is 0 Å². The van der Waals surface area contributed by atoms with Crippen LogP contribution in [0.25, 0.3) is 0 Å². The number of aryl methyl sites for hydroxylation is 1. The molecule has 0 amide bonds. The van der Waals surface area contributed by atoms with Crippen LogP contribution >= 0.6 is 0 Å². The van der Waals surface area contributed by atoms with Crippen molar-refractivity contribution in [2.75, 3.05) is 24.5 Å². The van der Waals surface area contributed by atoms with Gasteiger partial charge in [-0.25, -0.2) is 0 Å². The summed E-state index contributed by atoms with van der Waals surface area (Å²) in [6.07, 6.45) is 14.4. The fourth-order valence-electron chi connectivity index (χ4n) is 5.65. The van der Waals surface area contributed by atoms with Gasteiger partial charge < -0.3 is 10.2 Å². The molecule has 0 spiro atoms. The van der Waals surface area contributed by atoms with Gasteiger partial charge in [-0.2, -0.15) is 0 Å². The summed E-state index contributed by atoms with van der Waals surface area (Å²) >= 11 is 0. The lowest BCUT2D eigenvalue weighted by Gasteiger charge is -2.26. The maximum Gasteiger partial charge on any atom is 0.178 e. The van der Waals surface area contributed by atoms with Crippen molar-refractivity contribution < 1.29 is 14.4 Å². The second kappa shape index (κ2) is 29.2. The Morgan fingerprint density at radius 3 is 1.85 bits per heavy atom. The van der Waals surface area contributed by atoms with Gasteiger partial charge in [0.1, 0.15) is 0 Å². The maximum absolute atomic E-state index is 12.3. The van der Waals surface area contributed by atoms with Crippen LogP contribution < -0.4 is 10.2 Å². The SMILES string of the molecule is CC.CCC(C)=C(C(C)=O)C1=C(NCC(=O)C(C)CC)C(=O)CCC1.CCCCCCCC.CCCN(CCC)c1cccc(C)c1C. The van der Waals surface area contributed by atoms with Crippen LogP contribution in [-0.2, 0) is 14.4 Å². The molecule has 0 fully saturated rings. The molecule has 0 heterocycles. The summed E-state index contributed by atoms with van der Waals surface area (Å²) in [5, 5.41) is 3.04. The summed E-state index contributed by atoms with van der Waals surface area (Å²) in [5.41, 5.74) is 7.17. The zero-order valence-electron chi connectivity index (χ0n) is 33.8. The van der Waals surface area contributed by atoms with Gasteiger partial charge in [0.05, 0.1) is 12.2 Å². The molecular weight excluding hydrogens is 592 g/mol. The number of anilines is 1. The summed E-state index contributed by atoms with van der Waals surface area (Å²) in [5.74, 6) is 0.0659. The van der Waals surface area contributed by atoms with Crippen molar-refractivity contribution in [2.45, 2.75) is 173 Å². The number of benzene rings is 1. The third-order valence-corrected chi connectivity index (χ3v) is 8.98. The molecule has 0 aliphatic heterocycles. The minimum atomic E-state index is -0.0227. The third kappa shape index (κ3) is 18.2. The zero-order valence-corrected chi connectivity index (χ0v) is 33.8. The zero-order chi connectivity index (χ0) is 37.1. The highest BCUT2D eigenvalue weighted by Crippen LogP contribution is 2.30. The van der Waals surface area contributed by atoms with E-state index in [1.54, 1.807) is 6.92 Å². The van der Waals surface area contributed by atoms with Gasteiger partial charge >= 0.3 is 0 Å². The second-order valence-corrected chi connectivity index (χ2v) is 12.9. The Balaban J connectivity index is 0. The lowest BCUT2D eigenvalue weighted by molar-refractivity contribution is -0.121. The number of hydrogen-bond donors (Lipinski definition) is 1. The van der Waals surface area contributed by atoms with Gasteiger partial charge in [-0.05, 0) is 89.0 Å². The van der Waals surface area contributed by atoms with Crippen LogP contribution in [0.4, 0.5) is 5.69 Å². The number of unbranched alkanes of at least 4 members (excludes halogenated alkanes) is 5. The standard InChI is InChI=1S/C19H29NO3.C14H23N.C8H18.C2H6/c1-6-12(3)17(23)11-20-19-15(9-8-10-16(19)22)18(14(5)21)13(4)7-2;1-5-10-15(11-6-2)14-9-7-8-12(3)13(14)4;1-3-5-7-8-6-4-2;1-2/h12,20H,6-11H2,1-5H3;7-9H,5-6,10-11H2,1-4H3;3-8H2,1-2H3;1-2H3. The van der Waals surface area contributed by atoms with Gasteiger partial charge in [0.25, 0.3) is 0 Å². The number of ketones is 3. The summed E-state index contributed by atoms with van der Waals surface area (Å²) in [7, 11) is 0. The minimum Gasteiger partial charge on any atom is -0.375 e. The summed E-state index contributed by atoms with van der Waals surface area (Å²) in [6.45, 7) is 29.2. The van der Waals surface area contributed by atoms with Crippen molar-refractivity contribution in [1.82, 2.24) is 5.32 Å². The highest BCUT2D eigenvalue weighted by Gasteiger charge is 2.26. The normalized spacial score (nSPS) is 13.5. The van der Waals surface area contributed by atoms with Crippen molar-refractivity contribution in [3.8, 4) is 0 Å². The number of nitrogens with zero attached hydrogens (tertiary/aromatic N) is 1. The van der Waals surface area contributed by atoms with E-state index in [-0.39, 0.29) is 29.8 Å². The smallest absolute Gasteiger partial charge is 0.178 e. The first-order chi connectivity index (χ1) is 22.9. The molecule has 1 aliphatic carbocycles. The van der Waals surface area contributed by atoms with Gasteiger partial charge in [-0.3, -0.25) is 14.4 Å².